The summed E-state index contributed by atoms with van der Waals surface area (Å²) in [5, 5.41) is 2.53. The molecule has 1 amide bonds. The Morgan fingerprint density at radius 2 is 2.24 bits per heavy atom. The fourth-order valence-corrected chi connectivity index (χ4v) is 2.50. The number of hydrogen-bond donors (Lipinski definition) is 2. The Morgan fingerprint density at radius 3 is 2.81 bits per heavy atom. The van der Waals surface area contributed by atoms with Crippen molar-refractivity contribution in [2.45, 2.75) is 31.6 Å². The van der Waals surface area contributed by atoms with Crippen molar-refractivity contribution in [3.63, 3.8) is 0 Å². The van der Waals surface area contributed by atoms with Gasteiger partial charge in [-0.05, 0) is 18.9 Å². The van der Waals surface area contributed by atoms with Gasteiger partial charge in [0.1, 0.15) is 17.6 Å². The zero-order valence-electron chi connectivity index (χ0n) is 11.6. The Kier molecular flexibility index (Phi) is 4.36. The van der Waals surface area contributed by atoms with Crippen molar-refractivity contribution in [3.05, 3.63) is 23.4 Å². The molecule has 0 radical (unpaired) electrons. The van der Waals surface area contributed by atoms with Gasteiger partial charge in [0, 0.05) is 25.7 Å². The average molecular weight is 302 g/mol. The van der Waals surface area contributed by atoms with Gasteiger partial charge >= 0.3 is 6.18 Å². The van der Waals surface area contributed by atoms with Crippen molar-refractivity contribution in [1.82, 2.24) is 10.3 Å². The molecular weight excluding hydrogens is 285 g/mol. The predicted octanol–water partition coefficient (Wildman–Crippen LogP) is 1.27. The van der Waals surface area contributed by atoms with E-state index >= 15 is 0 Å². The number of alkyl halides is 3. The van der Waals surface area contributed by atoms with E-state index in [1.54, 1.807) is 4.90 Å². The Balaban J connectivity index is 2.43. The van der Waals surface area contributed by atoms with Crippen LogP contribution in [0.2, 0.25) is 0 Å². The number of halogens is 3. The lowest BCUT2D eigenvalue weighted by Crippen LogP contribution is -2.43. The monoisotopic (exact) mass is 302 g/mol. The number of nitrogens with two attached hydrogens (primary N) is 1. The van der Waals surface area contributed by atoms with E-state index in [0.29, 0.717) is 18.5 Å². The first kappa shape index (κ1) is 15.6. The molecule has 5 nitrogen and oxygen atoms in total. The molecule has 21 heavy (non-hydrogen) atoms. The molecule has 1 fully saturated rings. The third kappa shape index (κ3) is 3.10. The minimum absolute atomic E-state index is 0.0669. The molecule has 1 saturated heterocycles. The van der Waals surface area contributed by atoms with Crippen LogP contribution in [0, 0.1) is 0 Å². The number of pyridine rings is 1. The van der Waals surface area contributed by atoms with Crippen LogP contribution < -0.4 is 16.0 Å². The van der Waals surface area contributed by atoms with Crippen molar-refractivity contribution in [1.29, 1.82) is 0 Å². The lowest BCUT2D eigenvalue weighted by Gasteiger charge is -2.27. The maximum Gasteiger partial charge on any atom is 0.433 e. The van der Waals surface area contributed by atoms with Crippen LogP contribution in [0.4, 0.5) is 19.0 Å². The van der Waals surface area contributed by atoms with Crippen LogP contribution in [-0.2, 0) is 17.5 Å². The fourth-order valence-electron chi connectivity index (χ4n) is 2.50. The summed E-state index contributed by atoms with van der Waals surface area (Å²) in [6.07, 6.45) is -3.22. The summed E-state index contributed by atoms with van der Waals surface area (Å²) < 4.78 is 38.5. The van der Waals surface area contributed by atoms with Crippen molar-refractivity contribution >= 4 is 11.7 Å². The molecule has 0 bridgehead atoms. The molecule has 2 heterocycles. The van der Waals surface area contributed by atoms with Gasteiger partial charge in [-0.25, -0.2) is 4.98 Å². The van der Waals surface area contributed by atoms with Crippen molar-refractivity contribution in [2.24, 2.45) is 5.73 Å². The Hall–Kier alpha value is -1.83. The van der Waals surface area contributed by atoms with Crippen LogP contribution in [0.15, 0.2) is 12.1 Å². The number of nitrogens with zero attached hydrogens (tertiary/aromatic N) is 2. The fraction of sp³-hybridized carbons (Fsp3) is 0.538. The van der Waals surface area contributed by atoms with E-state index in [-0.39, 0.29) is 18.3 Å². The Morgan fingerprint density at radius 1 is 1.52 bits per heavy atom. The first-order valence-corrected chi connectivity index (χ1v) is 6.64. The Labute approximate surface area is 120 Å². The molecule has 1 aromatic heterocycles. The van der Waals surface area contributed by atoms with Crippen LogP contribution >= 0.6 is 0 Å². The lowest BCUT2D eigenvalue weighted by atomic mass is 10.1. The summed E-state index contributed by atoms with van der Waals surface area (Å²) in [6, 6.07) is 1.73. The number of anilines is 1. The SMILES string of the molecule is CNC(=O)C1CCCN1c1nc(C(F)(F)F)ccc1CN. The van der Waals surface area contributed by atoms with Gasteiger partial charge in [0.2, 0.25) is 5.91 Å². The van der Waals surface area contributed by atoms with Crippen LogP contribution in [-0.4, -0.2) is 30.5 Å². The molecule has 0 spiro atoms. The maximum atomic E-state index is 12.8. The first-order chi connectivity index (χ1) is 9.88. The summed E-state index contributed by atoms with van der Waals surface area (Å²) in [6.45, 7) is 0.552. The standard InChI is InChI=1S/C13H17F3N4O/c1-18-12(21)9-3-2-6-20(9)11-8(7-17)4-5-10(19-11)13(14,15)16/h4-5,9H,2-3,6-7,17H2,1H3,(H,18,21). The van der Waals surface area contributed by atoms with E-state index in [2.05, 4.69) is 10.3 Å². The van der Waals surface area contributed by atoms with E-state index in [1.807, 2.05) is 0 Å². The number of likely N-dealkylation sites (N-methyl/N-ethyl adjacent to an activating group) is 1. The molecule has 1 aromatic rings. The highest BCUT2D eigenvalue weighted by atomic mass is 19.4. The first-order valence-electron chi connectivity index (χ1n) is 6.64. The maximum absolute atomic E-state index is 12.8. The number of carbonyl (C=O) groups excluding carboxylic acids is 1. The molecule has 8 heteroatoms. The summed E-state index contributed by atoms with van der Waals surface area (Å²) in [7, 11) is 1.50. The molecule has 0 aliphatic carbocycles. The summed E-state index contributed by atoms with van der Waals surface area (Å²) in [5.41, 5.74) is 5.11. The largest absolute Gasteiger partial charge is 0.433 e. The molecule has 1 aliphatic heterocycles. The van der Waals surface area contributed by atoms with E-state index in [9.17, 15) is 18.0 Å². The minimum atomic E-state index is -4.52. The van der Waals surface area contributed by atoms with E-state index in [1.165, 1.54) is 13.1 Å². The molecule has 1 atom stereocenters. The summed E-state index contributed by atoms with van der Waals surface area (Å²) >= 11 is 0. The second-order valence-electron chi connectivity index (χ2n) is 4.85. The number of aromatic nitrogens is 1. The smallest absolute Gasteiger partial charge is 0.357 e. The number of nitrogens with one attached hydrogen (secondary N) is 1. The third-order valence-corrected chi connectivity index (χ3v) is 3.54. The van der Waals surface area contributed by atoms with Gasteiger partial charge < -0.3 is 16.0 Å². The Bertz CT molecular complexity index is 533. The van der Waals surface area contributed by atoms with Crippen molar-refractivity contribution in [2.75, 3.05) is 18.5 Å². The lowest BCUT2D eigenvalue weighted by molar-refractivity contribution is -0.141. The summed E-state index contributed by atoms with van der Waals surface area (Å²) in [4.78, 5) is 17.2. The number of hydrogen-bond acceptors (Lipinski definition) is 4. The summed E-state index contributed by atoms with van der Waals surface area (Å²) in [5.74, 6) is -0.0758. The predicted molar refractivity (Wildman–Crippen MR) is 71.6 cm³/mol. The average Bonchev–Trinajstić information content (AvgIpc) is 2.94. The highest BCUT2D eigenvalue weighted by molar-refractivity contribution is 5.85. The van der Waals surface area contributed by atoms with Crippen LogP contribution in [0.3, 0.4) is 0 Å². The van der Waals surface area contributed by atoms with Gasteiger partial charge in [-0.3, -0.25) is 4.79 Å². The van der Waals surface area contributed by atoms with E-state index in [4.69, 9.17) is 5.73 Å². The molecule has 0 saturated carbocycles. The molecule has 1 unspecified atom stereocenters. The number of rotatable bonds is 3. The van der Waals surface area contributed by atoms with Crippen molar-refractivity contribution in [3.8, 4) is 0 Å². The van der Waals surface area contributed by atoms with E-state index in [0.717, 1.165) is 12.5 Å². The quantitative estimate of drug-likeness (QED) is 0.882. The van der Waals surface area contributed by atoms with E-state index < -0.39 is 17.9 Å². The van der Waals surface area contributed by atoms with Crippen LogP contribution in [0.25, 0.3) is 0 Å². The van der Waals surface area contributed by atoms with Gasteiger partial charge in [0.25, 0.3) is 0 Å². The van der Waals surface area contributed by atoms with Gasteiger partial charge in [-0.1, -0.05) is 6.07 Å². The molecular formula is C13H17F3N4O. The van der Waals surface area contributed by atoms with Crippen molar-refractivity contribution < 1.29 is 18.0 Å². The zero-order chi connectivity index (χ0) is 15.6. The zero-order valence-corrected chi connectivity index (χ0v) is 11.6. The molecule has 116 valence electrons. The van der Waals surface area contributed by atoms with Crippen LogP contribution in [0.1, 0.15) is 24.1 Å². The molecule has 1 aliphatic rings. The molecule has 2 rings (SSSR count). The van der Waals surface area contributed by atoms with Crippen LogP contribution in [0.5, 0.6) is 0 Å². The second kappa shape index (κ2) is 5.88. The molecule has 0 aromatic carbocycles. The van der Waals surface area contributed by atoms with Gasteiger partial charge in [-0.15, -0.1) is 0 Å². The number of amides is 1. The normalized spacial score (nSPS) is 18.9. The van der Waals surface area contributed by atoms with Gasteiger partial charge in [0.05, 0.1) is 0 Å². The van der Waals surface area contributed by atoms with Gasteiger partial charge in [-0.2, -0.15) is 13.2 Å². The highest BCUT2D eigenvalue weighted by Crippen LogP contribution is 2.33. The third-order valence-electron chi connectivity index (χ3n) is 3.54. The number of carbonyl (C=O) groups is 1. The topological polar surface area (TPSA) is 71.2 Å². The highest BCUT2D eigenvalue weighted by Gasteiger charge is 2.36. The minimum Gasteiger partial charge on any atom is -0.357 e. The second-order valence-corrected chi connectivity index (χ2v) is 4.85. The van der Waals surface area contributed by atoms with Gasteiger partial charge in [0.15, 0.2) is 0 Å². The molecule has 3 N–H and O–H groups in total.